The van der Waals surface area contributed by atoms with Crippen LogP contribution < -0.4 is 5.32 Å². The Hall–Kier alpha value is -1.32. The molecule has 1 atom stereocenters. The Labute approximate surface area is 70.6 Å². The number of carbonyl (C=O) groups excluding carboxylic acids is 2. The number of nitrogens with one attached hydrogen (secondary N) is 1. The van der Waals surface area contributed by atoms with Crippen molar-refractivity contribution in [1.82, 2.24) is 5.32 Å². The topological polar surface area (TPSA) is 55.4 Å². The molecule has 4 nitrogen and oxygen atoms in total. The van der Waals surface area contributed by atoms with Crippen LogP contribution in [0, 0.1) is 0 Å². The van der Waals surface area contributed by atoms with E-state index in [0.29, 0.717) is 13.0 Å². The lowest BCUT2D eigenvalue weighted by atomic mass is 10.2. The van der Waals surface area contributed by atoms with Crippen molar-refractivity contribution in [3.63, 3.8) is 0 Å². The summed E-state index contributed by atoms with van der Waals surface area (Å²) in [7, 11) is 0. The van der Waals surface area contributed by atoms with Gasteiger partial charge in [0.05, 0.1) is 6.61 Å². The summed E-state index contributed by atoms with van der Waals surface area (Å²) < 4.78 is 4.66. The van der Waals surface area contributed by atoms with Gasteiger partial charge in [-0.3, -0.25) is 4.79 Å². The first-order chi connectivity index (χ1) is 5.74. The second-order valence-electron chi connectivity index (χ2n) is 2.57. The maximum atomic E-state index is 11.0. The van der Waals surface area contributed by atoms with Crippen LogP contribution in [0.5, 0.6) is 0 Å². The van der Waals surface area contributed by atoms with E-state index in [0.717, 1.165) is 0 Å². The Morgan fingerprint density at radius 1 is 1.83 bits per heavy atom. The van der Waals surface area contributed by atoms with E-state index in [1.807, 2.05) is 0 Å². The molecule has 1 amide bonds. The molecule has 1 saturated heterocycles. The molecule has 1 heterocycles. The molecule has 0 aliphatic carbocycles. The molecule has 0 aromatic rings. The van der Waals surface area contributed by atoms with E-state index in [1.165, 1.54) is 6.08 Å². The molecule has 0 bridgehead atoms. The van der Waals surface area contributed by atoms with E-state index in [-0.39, 0.29) is 18.3 Å². The van der Waals surface area contributed by atoms with Crippen LogP contribution in [0.3, 0.4) is 0 Å². The highest BCUT2D eigenvalue weighted by molar-refractivity contribution is 5.85. The first kappa shape index (κ1) is 8.77. The highest BCUT2D eigenvalue weighted by atomic mass is 16.5. The lowest BCUT2D eigenvalue weighted by molar-refractivity contribution is -0.141. The van der Waals surface area contributed by atoms with Gasteiger partial charge in [0.15, 0.2) is 0 Å². The van der Waals surface area contributed by atoms with Gasteiger partial charge in [-0.1, -0.05) is 6.08 Å². The molecule has 1 fully saturated rings. The van der Waals surface area contributed by atoms with Crippen molar-refractivity contribution < 1.29 is 14.3 Å². The molecular weight excluding hydrogens is 158 g/mol. The van der Waals surface area contributed by atoms with E-state index in [9.17, 15) is 9.59 Å². The summed E-state index contributed by atoms with van der Waals surface area (Å²) in [5, 5.41) is 2.54. The minimum Gasteiger partial charge on any atom is -0.464 e. The van der Waals surface area contributed by atoms with E-state index in [2.05, 4.69) is 16.6 Å². The molecule has 0 spiro atoms. The molecule has 0 unspecified atom stereocenters. The van der Waals surface area contributed by atoms with Gasteiger partial charge in [0.25, 0.3) is 0 Å². The van der Waals surface area contributed by atoms with Crippen molar-refractivity contribution in [2.75, 3.05) is 6.61 Å². The molecule has 12 heavy (non-hydrogen) atoms. The van der Waals surface area contributed by atoms with Crippen molar-refractivity contribution >= 4 is 11.9 Å². The first-order valence-corrected chi connectivity index (χ1v) is 3.81. The number of amides is 1. The number of esters is 1. The highest BCUT2D eigenvalue weighted by Gasteiger charge is 2.27. The molecule has 0 aromatic carbocycles. The van der Waals surface area contributed by atoms with Crippen LogP contribution >= 0.6 is 0 Å². The SMILES string of the molecule is C=CCC(=O)N[C@H]1CCOC1=O. The van der Waals surface area contributed by atoms with Gasteiger partial charge in [-0.05, 0) is 0 Å². The summed E-state index contributed by atoms with van der Waals surface area (Å²) >= 11 is 0. The van der Waals surface area contributed by atoms with Crippen LogP contribution in [0.1, 0.15) is 12.8 Å². The average Bonchev–Trinajstić information content (AvgIpc) is 2.37. The molecule has 0 saturated carbocycles. The van der Waals surface area contributed by atoms with Gasteiger partial charge < -0.3 is 10.1 Å². The third-order valence-corrected chi connectivity index (χ3v) is 1.60. The Balaban J connectivity index is 2.34. The number of cyclic esters (lactones) is 1. The van der Waals surface area contributed by atoms with Crippen molar-refractivity contribution in [2.45, 2.75) is 18.9 Å². The summed E-state index contributed by atoms with van der Waals surface area (Å²) in [6.45, 7) is 3.82. The lowest BCUT2D eigenvalue weighted by Gasteiger charge is -2.06. The number of hydrogen-bond donors (Lipinski definition) is 1. The third-order valence-electron chi connectivity index (χ3n) is 1.60. The van der Waals surface area contributed by atoms with Gasteiger partial charge in [0, 0.05) is 12.8 Å². The fourth-order valence-corrected chi connectivity index (χ4v) is 1.01. The van der Waals surface area contributed by atoms with Crippen LogP contribution in [0.25, 0.3) is 0 Å². The normalized spacial score (nSPS) is 21.7. The predicted molar refractivity (Wildman–Crippen MR) is 42.3 cm³/mol. The van der Waals surface area contributed by atoms with E-state index >= 15 is 0 Å². The Morgan fingerprint density at radius 3 is 3.08 bits per heavy atom. The first-order valence-electron chi connectivity index (χ1n) is 3.81. The van der Waals surface area contributed by atoms with E-state index in [1.54, 1.807) is 0 Å². The Morgan fingerprint density at radius 2 is 2.58 bits per heavy atom. The monoisotopic (exact) mass is 169 g/mol. The summed E-state index contributed by atoms with van der Waals surface area (Å²) in [6, 6.07) is -0.447. The van der Waals surface area contributed by atoms with Crippen molar-refractivity contribution in [3.05, 3.63) is 12.7 Å². The molecule has 1 aliphatic rings. The minimum atomic E-state index is -0.447. The van der Waals surface area contributed by atoms with Gasteiger partial charge in [-0.2, -0.15) is 0 Å². The van der Waals surface area contributed by atoms with Crippen LogP contribution in [-0.4, -0.2) is 24.5 Å². The third kappa shape index (κ3) is 2.08. The van der Waals surface area contributed by atoms with Crippen LogP contribution in [0.15, 0.2) is 12.7 Å². The fourth-order valence-electron chi connectivity index (χ4n) is 1.01. The second kappa shape index (κ2) is 3.90. The zero-order valence-corrected chi connectivity index (χ0v) is 6.71. The lowest BCUT2D eigenvalue weighted by Crippen LogP contribution is -2.37. The number of carbonyl (C=O) groups is 2. The molecule has 1 N–H and O–H groups in total. The maximum absolute atomic E-state index is 11.0. The Bertz CT molecular complexity index is 212. The van der Waals surface area contributed by atoms with Gasteiger partial charge in [0.1, 0.15) is 6.04 Å². The maximum Gasteiger partial charge on any atom is 0.328 e. The smallest absolute Gasteiger partial charge is 0.328 e. The van der Waals surface area contributed by atoms with Crippen molar-refractivity contribution in [1.29, 1.82) is 0 Å². The average molecular weight is 169 g/mol. The highest BCUT2D eigenvalue weighted by Crippen LogP contribution is 2.05. The van der Waals surface area contributed by atoms with Gasteiger partial charge >= 0.3 is 5.97 Å². The minimum absolute atomic E-state index is 0.186. The summed E-state index contributed by atoms with van der Waals surface area (Å²) in [5.74, 6) is -0.527. The number of hydrogen-bond acceptors (Lipinski definition) is 3. The molecule has 1 aliphatic heterocycles. The standard InChI is InChI=1S/C8H11NO3/c1-2-3-7(10)9-6-4-5-12-8(6)11/h2,6H,1,3-5H2,(H,9,10)/t6-/m0/s1. The zero-order valence-electron chi connectivity index (χ0n) is 6.71. The largest absolute Gasteiger partial charge is 0.464 e. The van der Waals surface area contributed by atoms with Crippen LogP contribution in [0.4, 0.5) is 0 Å². The molecule has 66 valence electrons. The summed E-state index contributed by atoms with van der Waals surface area (Å²) in [6.07, 6.45) is 2.31. The molecule has 0 aromatic heterocycles. The van der Waals surface area contributed by atoms with E-state index in [4.69, 9.17) is 0 Å². The van der Waals surface area contributed by atoms with Crippen LogP contribution in [0.2, 0.25) is 0 Å². The zero-order chi connectivity index (χ0) is 8.97. The van der Waals surface area contributed by atoms with Gasteiger partial charge in [-0.25, -0.2) is 4.79 Å². The van der Waals surface area contributed by atoms with Gasteiger partial charge in [0.2, 0.25) is 5.91 Å². The number of rotatable bonds is 3. The molecule has 4 heteroatoms. The molecular formula is C8H11NO3. The van der Waals surface area contributed by atoms with E-state index < -0.39 is 6.04 Å². The van der Waals surface area contributed by atoms with Gasteiger partial charge in [-0.15, -0.1) is 6.58 Å². The van der Waals surface area contributed by atoms with Crippen molar-refractivity contribution in [3.8, 4) is 0 Å². The quantitative estimate of drug-likeness (QED) is 0.477. The predicted octanol–water partition coefficient (Wildman–Crippen LogP) is -0.00580. The number of ether oxygens (including phenoxy) is 1. The second-order valence-corrected chi connectivity index (χ2v) is 2.57. The Kier molecular flexibility index (Phi) is 2.85. The summed E-state index contributed by atoms with van der Waals surface area (Å²) in [4.78, 5) is 21.8. The fraction of sp³-hybridized carbons (Fsp3) is 0.500. The van der Waals surface area contributed by atoms with Crippen molar-refractivity contribution in [2.24, 2.45) is 0 Å². The molecule has 1 rings (SSSR count). The molecule has 0 radical (unpaired) electrons. The van der Waals surface area contributed by atoms with Crippen LogP contribution in [-0.2, 0) is 14.3 Å². The summed E-state index contributed by atoms with van der Waals surface area (Å²) in [5.41, 5.74) is 0.